The Morgan fingerprint density at radius 3 is 2.57 bits per heavy atom. The zero-order valence-corrected chi connectivity index (χ0v) is 16.5. The van der Waals surface area contributed by atoms with E-state index < -0.39 is 0 Å². The third-order valence-corrected chi connectivity index (χ3v) is 5.56. The number of hydrogen-bond donors (Lipinski definition) is 2. The van der Waals surface area contributed by atoms with Gasteiger partial charge in [-0.2, -0.15) is 5.10 Å². The van der Waals surface area contributed by atoms with E-state index in [2.05, 4.69) is 20.2 Å². The molecular weight excluding hydrogens is 379 g/mol. The van der Waals surface area contributed by atoms with Crippen molar-refractivity contribution in [2.45, 2.75) is 19.8 Å². The van der Waals surface area contributed by atoms with E-state index >= 15 is 0 Å². The fraction of sp³-hybridized carbons (Fsp3) is 0.125. The van der Waals surface area contributed by atoms with Gasteiger partial charge in [-0.1, -0.05) is 19.1 Å². The standard InChI is InChI=1S/C24H19FN4O/c1-13-9-16(7-8-26-13)23-20-11-17-10-19(14(2)15-3-5-18(25)6-4-15)24(30)27-21(17)12-22(20)28-29-23/h3-12,14H,1-2H3,(H,27,30)(H,28,29)/t14-/m0/s1. The van der Waals surface area contributed by atoms with Gasteiger partial charge in [-0.15, -0.1) is 0 Å². The molecule has 148 valence electrons. The lowest BCUT2D eigenvalue weighted by Crippen LogP contribution is -2.15. The first-order chi connectivity index (χ1) is 14.5. The van der Waals surface area contributed by atoms with E-state index in [1.807, 2.05) is 44.2 Å². The third-order valence-electron chi connectivity index (χ3n) is 5.56. The highest BCUT2D eigenvalue weighted by Crippen LogP contribution is 2.30. The summed E-state index contributed by atoms with van der Waals surface area (Å²) in [6.45, 7) is 3.90. The smallest absolute Gasteiger partial charge is 0.252 e. The molecule has 0 aliphatic rings. The normalized spacial score (nSPS) is 12.5. The maximum absolute atomic E-state index is 13.3. The average Bonchev–Trinajstić information content (AvgIpc) is 3.14. The first kappa shape index (κ1) is 18.2. The van der Waals surface area contributed by atoms with Gasteiger partial charge >= 0.3 is 0 Å². The number of aromatic amines is 2. The molecule has 3 heterocycles. The Morgan fingerprint density at radius 2 is 1.80 bits per heavy atom. The van der Waals surface area contributed by atoms with Gasteiger partial charge in [-0.3, -0.25) is 14.9 Å². The summed E-state index contributed by atoms with van der Waals surface area (Å²) in [5.41, 5.74) is 5.71. The van der Waals surface area contributed by atoms with Crippen molar-refractivity contribution in [1.82, 2.24) is 20.2 Å². The Kier molecular flexibility index (Phi) is 4.20. The number of hydrogen-bond acceptors (Lipinski definition) is 3. The van der Waals surface area contributed by atoms with Crippen molar-refractivity contribution in [2.75, 3.05) is 0 Å². The molecule has 0 bridgehead atoms. The number of rotatable bonds is 3. The fourth-order valence-electron chi connectivity index (χ4n) is 3.90. The zero-order valence-electron chi connectivity index (χ0n) is 16.5. The fourth-order valence-corrected chi connectivity index (χ4v) is 3.90. The second kappa shape index (κ2) is 6.91. The van der Waals surface area contributed by atoms with Crippen molar-refractivity contribution >= 4 is 21.8 Å². The molecule has 0 saturated heterocycles. The Morgan fingerprint density at radius 1 is 1.00 bits per heavy atom. The molecule has 30 heavy (non-hydrogen) atoms. The molecular formula is C24H19FN4O. The monoisotopic (exact) mass is 398 g/mol. The van der Waals surface area contributed by atoms with Crippen LogP contribution >= 0.6 is 0 Å². The number of nitrogens with zero attached hydrogens (tertiary/aromatic N) is 2. The van der Waals surface area contributed by atoms with Crippen molar-refractivity contribution in [3.8, 4) is 11.3 Å². The summed E-state index contributed by atoms with van der Waals surface area (Å²) in [4.78, 5) is 20.0. The number of nitrogens with one attached hydrogen (secondary N) is 2. The van der Waals surface area contributed by atoms with E-state index in [-0.39, 0.29) is 17.3 Å². The molecule has 3 aromatic heterocycles. The maximum Gasteiger partial charge on any atom is 0.252 e. The molecule has 0 fully saturated rings. The van der Waals surface area contributed by atoms with Gasteiger partial charge in [-0.25, -0.2) is 4.39 Å². The molecule has 0 aliphatic carbocycles. The highest BCUT2D eigenvalue weighted by atomic mass is 19.1. The van der Waals surface area contributed by atoms with Crippen LogP contribution in [0.25, 0.3) is 33.1 Å². The number of fused-ring (bicyclic) bond motifs is 2. The zero-order chi connectivity index (χ0) is 20.8. The van der Waals surface area contributed by atoms with Crippen LogP contribution in [0.5, 0.6) is 0 Å². The van der Waals surface area contributed by atoms with Gasteiger partial charge in [0, 0.05) is 34.3 Å². The molecule has 0 saturated carbocycles. The summed E-state index contributed by atoms with van der Waals surface area (Å²) in [5.74, 6) is -0.458. The van der Waals surface area contributed by atoms with E-state index in [0.717, 1.165) is 44.3 Å². The summed E-state index contributed by atoms with van der Waals surface area (Å²) >= 11 is 0. The van der Waals surface area contributed by atoms with E-state index in [1.165, 1.54) is 12.1 Å². The van der Waals surface area contributed by atoms with Crippen LogP contribution in [0.2, 0.25) is 0 Å². The van der Waals surface area contributed by atoms with Crippen molar-refractivity contribution in [3.05, 3.63) is 93.8 Å². The lowest BCUT2D eigenvalue weighted by Gasteiger charge is -2.12. The second-order valence-corrected chi connectivity index (χ2v) is 7.57. The summed E-state index contributed by atoms with van der Waals surface area (Å²) in [6, 6.07) is 16.0. The minimum atomic E-state index is -0.292. The Labute approximate surface area is 171 Å². The van der Waals surface area contributed by atoms with E-state index in [0.29, 0.717) is 5.56 Å². The van der Waals surface area contributed by atoms with Gasteiger partial charge in [0.15, 0.2) is 0 Å². The largest absolute Gasteiger partial charge is 0.322 e. The van der Waals surface area contributed by atoms with Gasteiger partial charge in [0.2, 0.25) is 0 Å². The molecule has 2 aromatic carbocycles. The van der Waals surface area contributed by atoms with Crippen LogP contribution < -0.4 is 5.56 Å². The lowest BCUT2D eigenvalue weighted by atomic mass is 9.93. The summed E-state index contributed by atoms with van der Waals surface area (Å²) < 4.78 is 13.3. The Balaban J connectivity index is 1.67. The minimum Gasteiger partial charge on any atom is -0.322 e. The van der Waals surface area contributed by atoms with Crippen LogP contribution in [0, 0.1) is 12.7 Å². The summed E-state index contributed by atoms with van der Waals surface area (Å²) in [6.07, 6.45) is 1.77. The molecule has 5 rings (SSSR count). The van der Waals surface area contributed by atoms with Crippen molar-refractivity contribution < 1.29 is 4.39 Å². The predicted molar refractivity (Wildman–Crippen MR) is 116 cm³/mol. The SMILES string of the molecule is Cc1cc(-c2n[nH]c3cc4[nH]c(=O)c([C@@H](C)c5ccc(F)cc5)cc4cc23)ccn1. The van der Waals surface area contributed by atoms with Crippen molar-refractivity contribution in [2.24, 2.45) is 0 Å². The molecule has 5 aromatic rings. The molecule has 0 radical (unpaired) electrons. The van der Waals surface area contributed by atoms with Crippen LogP contribution in [-0.2, 0) is 0 Å². The summed E-state index contributed by atoms with van der Waals surface area (Å²) in [7, 11) is 0. The molecule has 0 aliphatic heterocycles. The first-order valence-corrected chi connectivity index (χ1v) is 9.73. The number of pyridine rings is 2. The van der Waals surface area contributed by atoms with Crippen LogP contribution in [0.1, 0.15) is 29.7 Å². The highest BCUT2D eigenvalue weighted by Gasteiger charge is 2.16. The average molecular weight is 398 g/mol. The van der Waals surface area contributed by atoms with E-state index in [4.69, 9.17) is 0 Å². The van der Waals surface area contributed by atoms with Crippen LogP contribution in [0.4, 0.5) is 4.39 Å². The van der Waals surface area contributed by atoms with Gasteiger partial charge in [0.1, 0.15) is 11.5 Å². The molecule has 2 N–H and O–H groups in total. The third kappa shape index (κ3) is 3.06. The predicted octanol–water partition coefficient (Wildman–Crippen LogP) is 5.07. The van der Waals surface area contributed by atoms with Gasteiger partial charge in [-0.05, 0) is 60.3 Å². The van der Waals surface area contributed by atoms with E-state index in [9.17, 15) is 9.18 Å². The quantitative estimate of drug-likeness (QED) is 0.446. The van der Waals surface area contributed by atoms with E-state index in [1.54, 1.807) is 18.3 Å². The van der Waals surface area contributed by atoms with Gasteiger partial charge in [0.25, 0.3) is 5.56 Å². The number of benzene rings is 2. The Bertz CT molecular complexity index is 1450. The second-order valence-electron chi connectivity index (χ2n) is 7.57. The van der Waals surface area contributed by atoms with Crippen molar-refractivity contribution in [1.29, 1.82) is 0 Å². The molecule has 6 heteroatoms. The maximum atomic E-state index is 13.3. The van der Waals surface area contributed by atoms with Gasteiger partial charge in [0.05, 0.1) is 11.0 Å². The molecule has 1 atom stereocenters. The van der Waals surface area contributed by atoms with Crippen LogP contribution in [-0.4, -0.2) is 20.2 Å². The number of halogens is 1. The number of H-pyrrole nitrogens is 2. The molecule has 0 unspecified atom stereocenters. The molecule has 5 nitrogen and oxygen atoms in total. The highest BCUT2D eigenvalue weighted by molar-refractivity contribution is 6.01. The molecule has 0 amide bonds. The van der Waals surface area contributed by atoms with Crippen molar-refractivity contribution in [3.63, 3.8) is 0 Å². The number of aryl methyl sites for hydroxylation is 1. The first-order valence-electron chi connectivity index (χ1n) is 9.73. The van der Waals surface area contributed by atoms with Crippen LogP contribution in [0.3, 0.4) is 0 Å². The lowest BCUT2D eigenvalue weighted by molar-refractivity contribution is 0.626. The molecule has 0 spiro atoms. The van der Waals surface area contributed by atoms with Crippen LogP contribution in [0.15, 0.2) is 65.6 Å². The topological polar surface area (TPSA) is 74.4 Å². The van der Waals surface area contributed by atoms with Gasteiger partial charge < -0.3 is 4.98 Å². The number of aromatic nitrogens is 4. The summed E-state index contributed by atoms with van der Waals surface area (Å²) in [5, 5.41) is 9.43. The Hall–Kier alpha value is -3.80. The minimum absolute atomic E-state index is 0.150.